The number of ether oxygens (including phenoxy) is 1. The molecular weight excluding hydrogens is 311 g/mol. The van der Waals surface area contributed by atoms with E-state index in [-0.39, 0.29) is 11.5 Å². The van der Waals surface area contributed by atoms with Crippen LogP contribution in [0.25, 0.3) is 6.08 Å². The van der Waals surface area contributed by atoms with Gasteiger partial charge in [-0.2, -0.15) is 0 Å². The number of halogens is 2. The molecule has 110 valence electrons. The van der Waals surface area contributed by atoms with E-state index in [0.29, 0.717) is 10.8 Å². The third-order valence-corrected chi connectivity index (χ3v) is 4.04. The standard InChI is InChI=1S/C16H14ClFO2S/c1-20-16-14(18)7-4-12(15(16)17)10-21-9-8-11-2-5-13(19)6-3-11/h2-9,19H,10H2,1H3. The number of hydrogen-bond acceptors (Lipinski definition) is 3. The number of aromatic hydroxyl groups is 1. The van der Waals surface area contributed by atoms with Crippen molar-refractivity contribution < 1.29 is 14.2 Å². The van der Waals surface area contributed by atoms with Crippen LogP contribution in [0.2, 0.25) is 5.02 Å². The van der Waals surface area contributed by atoms with Crippen LogP contribution in [0, 0.1) is 5.82 Å². The predicted octanol–water partition coefficient (Wildman–Crippen LogP) is 5.10. The molecule has 0 aromatic heterocycles. The molecular formula is C16H14ClFO2S. The van der Waals surface area contributed by atoms with Crippen LogP contribution in [0.4, 0.5) is 4.39 Å². The number of phenolic OH excluding ortho intramolecular Hbond substituents is 1. The van der Waals surface area contributed by atoms with E-state index in [1.54, 1.807) is 18.2 Å². The summed E-state index contributed by atoms with van der Waals surface area (Å²) in [5.74, 6) is 0.475. The molecule has 0 heterocycles. The first kappa shape index (κ1) is 15.7. The molecule has 0 aliphatic rings. The van der Waals surface area contributed by atoms with Crippen LogP contribution in [0.3, 0.4) is 0 Å². The molecule has 0 aliphatic carbocycles. The lowest BCUT2D eigenvalue weighted by molar-refractivity contribution is 0.386. The molecule has 0 unspecified atom stereocenters. The Morgan fingerprint density at radius 2 is 1.95 bits per heavy atom. The molecule has 0 aliphatic heterocycles. The van der Waals surface area contributed by atoms with Crippen molar-refractivity contribution in [3.05, 3.63) is 63.8 Å². The Balaban J connectivity index is 1.99. The van der Waals surface area contributed by atoms with Crippen molar-refractivity contribution in [3.8, 4) is 11.5 Å². The third-order valence-electron chi connectivity index (χ3n) is 2.82. The Labute approximate surface area is 132 Å². The van der Waals surface area contributed by atoms with Crippen LogP contribution in [0.15, 0.2) is 41.8 Å². The zero-order valence-electron chi connectivity index (χ0n) is 11.3. The van der Waals surface area contributed by atoms with Gasteiger partial charge in [-0.25, -0.2) is 4.39 Å². The van der Waals surface area contributed by atoms with Gasteiger partial charge in [-0.3, -0.25) is 0 Å². The van der Waals surface area contributed by atoms with Gasteiger partial charge in [-0.1, -0.05) is 29.8 Å². The highest BCUT2D eigenvalue weighted by Gasteiger charge is 2.11. The second kappa shape index (κ2) is 7.38. The molecule has 5 heteroatoms. The van der Waals surface area contributed by atoms with Gasteiger partial charge in [-0.15, -0.1) is 11.8 Å². The molecule has 1 N–H and O–H groups in total. The number of thioether (sulfide) groups is 1. The van der Waals surface area contributed by atoms with Crippen LogP contribution in [-0.2, 0) is 5.75 Å². The second-order valence-electron chi connectivity index (χ2n) is 4.26. The molecule has 21 heavy (non-hydrogen) atoms. The zero-order valence-corrected chi connectivity index (χ0v) is 12.9. The summed E-state index contributed by atoms with van der Waals surface area (Å²) in [4.78, 5) is 0. The first-order valence-corrected chi connectivity index (χ1v) is 7.62. The quantitative estimate of drug-likeness (QED) is 0.830. The lowest BCUT2D eigenvalue weighted by Crippen LogP contribution is -1.92. The molecule has 0 bridgehead atoms. The van der Waals surface area contributed by atoms with E-state index in [0.717, 1.165) is 11.1 Å². The molecule has 2 nitrogen and oxygen atoms in total. The van der Waals surface area contributed by atoms with Crippen molar-refractivity contribution in [1.29, 1.82) is 0 Å². The van der Waals surface area contributed by atoms with E-state index in [9.17, 15) is 9.50 Å². The maximum absolute atomic E-state index is 13.4. The van der Waals surface area contributed by atoms with Gasteiger partial charge in [0.05, 0.1) is 12.1 Å². The van der Waals surface area contributed by atoms with Crippen LogP contribution in [-0.4, -0.2) is 12.2 Å². The van der Waals surface area contributed by atoms with Crippen LogP contribution < -0.4 is 4.74 Å². The normalized spacial score (nSPS) is 11.0. The van der Waals surface area contributed by atoms with Gasteiger partial charge in [0.2, 0.25) is 0 Å². The summed E-state index contributed by atoms with van der Waals surface area (Å²) in [6.07, 6.45) is 1.93. The van der Waals surface area contributed by atoms with Gasteiger partial charge in [-0.05, 0) is 40.8 Å². The van der Waals surface area contributed by atoms with Gasteiger partial charge in [0.25, 0.3) is 0 Å². The minimum absolute atomic E-state index is 0.0808. The maximum Gasteiger partial charge on any atom is 0.173 e. The van der Waals surface area contributed by atoms with E-state index < -0.39 is 5.82 Å². The Hall–Kier alpha value is -1.65. The number of phenols is 1. The molecule has 0 radical (unpaired) electrons. The maximum atomic E-state index is 13.4. The number of benzene rings is 2. The van der Waals surface area contributed by atoms with E-state index >= 15 is 0 Å². The van der Waals surface area contributed by atoms with E-state index in [2.05, 4.69) is 0 Å². The molecule has 2 aromatic carbocycles. The molecule has 2 aromatic rings. The van der Waals surface area contributed by atoms with Crippen LogP contribution in [0.1, 0.15) is 11.1 Å². The summed E-state index contributed by atoms with van der Waals surface area (Å²) >= 11 is 7.64. The third kappa shape index (κ3) is 4.16. The monoisotopic (exact) mass is 324 g/mol. The molecule has 0 saturated heterocycles. The highest BCUT2D eigenvalue weighted by Crippen LogP contribution is 2.33. The molecule has 0 amide bonds. The Morgan fingerprint density at radius 1 is 1.24 bits per heavy atom. The highest BCUT2D eigenvalue weighted by atomic mass is 35.5. The second-order valence-corrected chi connectivity index (χ2v) is 5.53. The summed E-state index contributed by atoms with van der Waals surface area (Å²) in [6.45, 7) is 0. The van der Waals surface area contributed by atoms with Crippen molar-refractivity contribution in [2.45, 2.75) is 5.75 Å². The fourth-order valence-electron chi connectivity index (χ4n) is 1.72. The van der Waals surface area contributed by atoms with Gasteiger partial charge in [0.15, 0.2) is 11.6 Å². The highest BCUT2D eigenvalue weighted by molar-refractivity contribution is 8.01. The predicted molar refractivity (Wildman–Crippen MR) is 86.4 cm³/mol. The van der Waals surface area contributed by atoms with Gasteiger partial charge in [0.1, 0.15) is 5.75 Å². The SMILES string of the molecule is COc1c(F)ccc(CSC=Cc2ccc(O)cc2)c1Cl. The van der Waals surface area contributed by atoms with Crippen LogP contribution >= 0.6 is 23.4 Å². The van der Waals surface area contributed by atoms with Crippen molar-refractivity contribution in [2.24, 2.45) is 0 Å². The molecule has 0 spiro atoms. The Morgan fingerprint density at radius 3 is 2.62 bits per heavy atom. The molecule has 0 fully saturated rings. The summed E-state index contributed by atoms with van der Waals surface area (Å²) in [5, 5.41) is 11.4. The van der Waals surface area contributed by atoms with E-state index in [1.807, 2.05) is 23.6 Å². The first-order valence-electron chi connectivity index (χ1n) is 6.20. The topological polar surface area (TPSA) is 29.5 Å². The fraction of sp³-hybridized carbons (Fsp3) is 0.125. The largest absolute Gasteiger partial charge is 0.508 e. The fourth-order valence-corrected chi connectivity index (χ4v) is 2.87. The number of methoxy groups -OCH3 is 1. The zero-order chi connectivity index (χ0) is 15.2. The molecule has 0 saturated carbocycles. The summed E-state index contributed by atoms with van der Waals surface area (Å²) in [7, 11) is 1.39. The number of rotatable bonds is 5. The van der Waals surface area contributed by atoms with Crippen LogP contribution in [0.5, 0.6) is 11.5 Å². The average Bonchev–Trinajstić information content (AvgIpc) is 2.48. The molecule has 2 rings (SSSR count). The lowest BCUT2D eigenvalue weighted by Gasteiger charge is -2.08. The summed E-state index contributed by atoms with van der Waals surface area (Å²) < 4.78 is 18.4. The van der Waals surface area contributed by atoms with Gasteiger partial charge in [0, 0.05) is 5.75 Å². The van der Waals surface area contributed by atoms with Gasteiger partial charge < -0.3 is 9.84 Å². The first-order chi connectivity index (χ1) is 10.1. The average molecular weight is 325 g/mol. The molecule has 0 atom stereocenters. The van der Waals surface area contributed by atoms with Gasteiger partial charge >= 0.3 is 0 Å². The smallest absolute Gasteiger partial charge is 0.173 e. The van der Waals surface area contributed by atoms with E-state index in [4.69, 9.17) is 16.3 Å². The van der Waals surface area contributed by atoms with Crippen molar-refractivity contribution in [1.82, 2.24) is 0 Å². The Bertz CT molecular complexity index is 641. The Kier molecular flexibility index (Phi) is 5.53. The number of hydrogen-bond donors (Lipinski definition) is 1. The van der Waals surface area contributed by atoms with Crippen molar-refractivity contribution in [3.63, 3.8) is 0 Å². The van der Waals surface area contributed by atoms with Crippen molar-refractivity contribution in [2.75, 3.05) is 7.11 Å². The minimum Gasteiger partial charge on any atom is -0.508 e. The minimum atomic E-state index is -0.462. The van der Waals surface area contributed by atoms with Crippen molar-refractivity contribution >= 4 is 29.4 Å². The lowest BCUT2D eigenvalue weighted by atomic mass is 10.2. The summed E-state index contributed by atoms with van der Waals surface area (Å²) in [5.41, 5.74) is 1.80. The summed E-state index contributed by atoms with van der Waals surface area (Å²) in [6, 6.07) is 9.91. The van der Waals surface area contributed by atoms with E-state index in [1.165, 1.54) is 24.9 Å².